The molecule has 1 fully saturated rings. The highest BCUT2D eigenvalue weighted by Gasteiger charge is 2.35. The predicted molar refractivity (Wildman–Crippen MR) is 82.6 cm³/mol. The van der Waals surface area contributed by atoms with Crippen molar-refractivity contribution < 1.29 is 24.3 Å². The first-order valence-electron chi connectivity index (χ1n) is 7.49. The third-order valence-electron chi connectivity index (χ3n) is 3.56. The summed E-state index contributed by atoms with van der Waals surface area (Å²) in [5, 5.41) is 13.8. The summed E-state index contributed by atoms with van der Waals surface area (Å²) in [4.78, 5) is 29.8. The lowest BCUT2D eigenvalue weighted by molar-refractivity contribution is -0.134. The van der Waals surface area contributed by atoms with E-state index in [2.05, 4.69) is 5.16 Å². The third-order valence-corrected chi connectivity index (χ3v) is 3.56. The summed E-state index contributed by atoms with van der Waals surface area (Å²) in [6.07, 6.45) is -0.250. The Morgan fingerprint density at radius 3 is 2.83 bits per heavy atom. The van der Waals surface area contributed by atoms with E-state index in [-0.39, 0.29) is 19.8 Å². The molecule has 0 saturated carbocycles. The number of oxime groups is 1. The van der Waals surface area contributed by atoms with E-state index in [1.807, 2.05) is 30.3 Å². The number of aliphatic hydroxyl groups excluding tert-OH is 1. The molecule has 1 aromatic rings. The Labute approximate surface area is 134 Å². The van der Waals surface area contributed by atoms with E-state index in [1.54, 1.807) is 6.92 Å². The van der Waals surface area contributed by atoms with Gasteiger partial charge in [0.1, 0.15) is 19.3 Å². The molecule has 2 rings (SSSR count). The van der Waals surface area contributed by atoms with Gasteiger partial charge >= 0.3 is 6.09 Å². The number of benzene rings is 1. The van der Waals surface area contributed by atoms with Crippen LogP contribution in [0.2, 0.25) is 0 Å². The van der Waals surface area contributed by atoms with Crippen molar-refractivity contribution in [1.29, 1.82) is 0 Å². The molecule has 7 nitrogen and oxygen atoms in total. The lowest BCUT2D eigenvalue weighted by atomic mass is 9.98. The topological polar surface area (TPSA) is 88.4 Å². The molecule has 1 aliphatic heterocycles. The van der Waals surface area contributed by atoms with E-state index in [0.29, 0.717) is 6.42 Å². The van der Waals surface area contributed by atoms with Crippen LogP contribution in [0, 0.1) is 5.92 Å². The molecule has 0 radical (unpaired) electrons. The molecular weight excluding hydrogens is 300 g/mol. The van der Waals surface area contributed by atoms with Gasteiger partial charge < -0.3 is 14.7 Å². The maximum Gasteiger partial charge on any atom is 0.416 e. The Morgan fingerprint density at radius 2 is 2.22 bits per heavy atom. The van der Waals surface area contributed by atoms with Crippen LogP contribution in [0.5, 0.6) is 0 Å². The van der Waals surface area contributed by atoms with Crippen molar-refractivity contribution in [1.82, 2.24) is 4.90 Å². The van der Waals surface area contributed by atoms with E-state index in [4.69, 9.17) is 9.57 Å². The Bertz CT molecular complexity index is 561. The minimum atomic E-state index is -1.13. The molecule has 2 amide bonds. The van der Waals surface area contributed by atoms with Crippen LogP contribution in [0.25, 0.3) is 0 Å². The van der Waals surface area contributed by atoms with Crippen molar-refractivity contribution in [3.8, 4) is 0 Å². The van der Waals surface area contributed by atoms with Crippen LogP contribution in [0.4, 0.5) is 4.79 Å². The molecule has 0 bridgehead atoms. The van der Waals surface area contributed by atoms with Crippen molar-refractivity contribution in [2.24, 2.45) is 11.1 Å². The number of nitrogens with zero attached hydrogens (tertiary/aromatic N) is 2. The Morgan fingerprint density at radius 1 is 1.48 bits per heavy atom. The van der Waals surface area contributed by atoms with E-state index < -0.39 is 24.0 Å². The van der Waals surface area contributed by atoms with Crippen molar-refractivity contribution in [3.05, 3.63) is 35.9 Å². The standard InChI is InChI=1S/C16H20N2O5/c1-2-13(15(20)18-8-9-22-16(18)21)14(19)10-17-23-11-12-6-4-3-5-7-12/h3-7,10,13-14,19H,2,8-9,11H2,1H3/b17-10+/t13-,14-/m0/s1. The van der Waals surface area contributed by atoms with E-state index >= 15 is 0 Å². The van der Waals surface area contributed by atoms with Crippen LogP contribution < -0.4 is 0 Å². The average molecular weight is 320 g/mol. The molecule has 124 valence electrons. The van der Waals surface area contributed by atoms with Gasteiger partial charge in [-0.3, -0.25) is 4.79 Å². The fraction of sp³-hybridized carbons (Fsp3) is 0.438. The van der Waals surface area contributed by atoms with E-state index in [0.717, 1.165) is 10.5 Å². The summed E-state index contributed by atoms with van der Waals surface area (Å²) >= 11 is 0. The number of aliphatic hydroxyl groups is 1. The normalized spacial score (nSPS) is 17.1. The van der Waals surface area contributed by atoms with Gasteiger partial charge in [0, 0.05) is 0 Å². The zero-order valence-electron chi connectivity index (χ0n) is 12.9. The van der Waals surface area contributed by atoms with E-state index in [9.17, 15) is 14.7 Å². The van der Waals surface area contributed by atoms with E-state index in [1.165, 1.54) is 6.21 Å². The highest BCUT2D eigenvalue weighted by Crippen LogP contribution is 2.15. The Balaban J connectivity index is 1.86. The lowest BCUT2D eigenvalue weighted by Crippen LogP contribution is -2.41. The fourth-order valence-electron chi connectivity index (χ4n) is 2.25. The lowest BCUT2D eigenvalue weighted by Gasteiger charge is -2.21. The molecule has 23 heavy (non-hydrogen) atoms. The number of cyclic esters (lactones) is 1. The van der Waals surface area contributed by atoms with Crippen molar-refractivity contribution in [2.45, 2.75) is 26.1 Å². The number of carbonyl (C=O) groups excluding carboxylic acids is 2. The summed E-state index contributed by atoms with van der Waals surface area (Å²) < 4.78 is 4.73. The summed E-state index contributed by atoms with van der Waals surface area (Å²) in [5.74, 6) is -1.22. The summed E-state index contributed by atoms with van der Waals surface area (Å²) in [5.41, 5.74) is 0.946. The molecule has 1 aliphatic rings. The Hall–Kier alpha value is -2.41. The van der Waals surface area contributed by atoms with Gasteiger partial charge in [0.05, 0.1) is 18.7 Å². The summed E-state index contributed by atoms with van der Waals surface area (Å²) in [7, 11) is 0. The number of hydrogen-bond acceptors (Lipinski definition) is 6. The zero-order valence-corrected chi connectivity index (χ0v) is 12.9. The number of imide groups is 1. The number of carbonyl (C=O) groups is 2. The van der Waals surface area contributed by atoms with Crippen molar-refractivity contribution in [3.63, 3.8) is 0 Å². The summed E-state index contributed by atoms with van der Waals surface area (Å²) in [6, 6.07) is 9.46. The first kappa shape index (κ1) is 17.0. The maximum absolute atomic E-state index is 12.2. The van der Waals surface area contributed by atoms with Gasteiger partial charge in [-0.2, -0.15) is 0 Å². The second-order valence-corrected chi connectivity index (χ2v) is 5.12. The molecular formula is C16H20N2O5. The number of hydrogen-bond donors (Lipinski definition) is 1. The maximum atomic E-state index is 12.2. The molecule has 0 unspecified atom stereocenters. The number of amides is 2. The quantitative estimate of drug-likeness (QED) is 0.608. The van der Waals surface area contributed by atoms with Crippen molar-refractivity contribution >= 4 is 18.2 Å². The third kappa shape index (κ3) is 4.53. The first-order chi connectivity index (χ1) is 11.1. The highest BCUT2D eigenvalue weighted by atomic mass is 16.6. The second kappa shape index (κ2) is 8.28. The molecule has 0 aromatic heterocycles. The van der Waals surface area contributed by atoms with Crippen LogP contribution in [0.3, 0.4) is 0 Å². The molecule has 1 aromatic carbocycles. The van der Waals surface area contributed by atoms with Crippen LogP contribution in [0.15, 0.2) is 35.5 Å². The second-order valence-electron chi connectivity index (χ2n) is 5.12. The van der Waals surface area contributed by atoms with Gasteiger partial charge in [-0.25, -0.2) is 9.69 Å². The van der Waals surface area contributed by atoms with Crippen LogP contribution in [-0.4, -0.2) is 47.5 Å². The fourth-order valence-corrected chi connectivity index (χ4v) is 2.25. The molecule has 7 heteroatoms. The molecule has 0 spiro atoms. The van der Waals surface area contributed by atoms with Gasteiger partial charge in [-0.15, -0.1) is 0 Å². The first-order valence-corrected chi connectivity index (χ1v) is 7.49. The largest absolute Gasteiger partial charge is 0.447 e. The SMILES string of the molecule is CC[C@H](C(=O)N1CCOC1=O)[C@@H](O)/C=N/OCc1ccccc1. The van der Waals surface area contributed by atoms with Gasteiger partial charge in [0.15, 0.2) is 0 Å². The molecule has 0 aliphatic carbocycles. The van der Waals surface area contributed by atoms with Crippen LogP contribution >= 0.6 is 0 Å². The smallest absolute Gasteiger partial charge is 0.416 e. The predicted octanol–water partition coefficient (Wildman–Crippen LogP) is 1.55. The molecule has 2 atom stereocenters. The average Bonchev–Trinajstić information content (AvgIpc) is 2.99. The van der Waals surface area contributed by atoms with Crippen LogP contribution in [0.1, 0.15) is 18.9 Å². The summed E-state index contributed by atoms with van der Waals surface area (Å²) in [6.45, 7) is 2.42. The van der Waals surface area contributed by atoms with Crippen LogP contribution in [-0.2, 0) is 21.0 Å². The number of ether oxygens (including phenoxy) is 1. The zero-order chi connectivity index (χ0) is 16.7. The minimum Gasteiger partial charge on any atom is -0.447 e. The number of rotatable bonds is 7. The molecule has 1 saturated heterocycles. The highest BCUT2D eigenvalue weighted by molar-refractivity contribution is 5.95. The van der Waals surface area contributed by atoms with Gasteiger partial charge in [-0.1, -0.05) is 42.4 Å². The molecule has 1 N–H and O–H groups in total. The monoisotopic (exact) mass is 320 g/mol. The van der Waals surface area contributed by atoms with Gasteiger partial charge in [-0.05, 0) is 12.0 Å². The Kier molecular flexibility index (Phi) is 6.10. The molecule has 1 heterocycles. The van der Waals surface area contributed by atoms with Gasteiger partial charge in [0.25, 0.3) is 0 Å². The van der Waals surface area contributed by atoms with Gasteiger partial charge in [0.2, 0.25) is 5.91 Å². The van der Waals surface area contributed by atoms with Crippen molar-refractivity contribution in [2.75, 3.05) is 13.2 Å². The minimum absolute atomic E-state index is 0.186.